The summed E-state index contributed by atoms with van der Waals surface area (Å²) in [4.78, 5) is 25.2. The number of carbonyl (C=O) groups is 2. The van der Waals surface area contributed by atoms with Gasteiger partial charge in [-0.2, -0.15) is 0 Å². The number of hydrogen-bond acceptors (Lipinski definition) is 3. The Bertz CT molecular complexity index is 739. The monoisotopic (exact) mass is 312 g/mol. The SMILES string of the molecule is N[C@H](Cc1cccc2ccccc12)C(=O)N1CCCC1C(=O)O. The molecule has 0 spiro atoms. The Kier molecular flexibility index (Phi) is 4.30. The minimum atomic E-state index is -0.951. The third kappa shape index (κ3) is 3.05. The van der Waals surface area contributed by atoms with Crippen molar-refractivity contribution in [1.82, 2.24) is 4.90 Å². The average molecular weight is 312 g/mol. The van der Waals surface area contributed by atoms with E-state index in [4.69, 9.17) is 5.73 Å². The number of carboxylic acid groups (broad SMARTS) is 1. The number of carbonyl (C=O) groups excluding carboxylic acids is 1. The van der Waals surface area contributed by atoms with Gasteiger partial charge in [0.2, 0.25) is 5.91 Å². The van der Waals surface area contributed by atoms with E-state index in [1.807, 2.05) is 42.5 Å². The van der Waals surface area contributed by atoms with Gasteiger partial charge in [-0.15, -0.1) is 0 Å². The Labute approximate surface area is 134 Å². The standard InChI is InChI=1S/C18H20N2O3/c19-15(17(21)20-10-4-9-16(20)18(22)23)11-13-7-3-6-12-5-1-2-8-14(12)13/h1-3,5-8,15-16H,4,9-11,19H2,(H,22,23)/t15-,16?/m1/s1. The molecule has 1 aliphatic heterocycles. The first-order valence-corrected chi connectivity index (χ1v) is 7.83. The Morgan fingerprint density at radius 1 is 1.22 bits per heavy atom. The van der Waals surface area contributed by atoms with Crippen LogP contribution in [0, 0.1) is 0 Å². The number of aliphatic carboxylic acids is 1. The first-order chi connectivity index (χ1) is 11.1. The molecule has 0 saturated carbocycles. The molecular weight excluding hydrogens is 292 g/mol. The fraction of sp³-hybridized carbons (Fsp3) is 0.333. The van der Waals surface area contributed by atoms with E-state index in [9.17, 15) is 14.7 Å². The second kappa shape index (κ2) is 6.38. The highest BCUT2D eigenvalue weighted by Crippen LogP contribution is 2.22. The molecule has 23 heavy (non-hydrogen) atoms. The number of hydrogen-bond donors (Lipinski definition) is 2. The second-order valence-electron chi connectivity index (χ2n) is 5.98. The van der Waals surface area contributed by atoms with Crippen molar-refractivity contribution in [3.8, 4) is 0 Å². The molecule has 1 heterocycles. The summed E-state index contributed by atoms with van der Waals surface area (Å²) in [6, 6.07) is 12.4. The number of fused-ring (bicyclic) bond motifs is 1. The molecule has 1 amide bonds. The molecule has 3 N–H and O–H groups in total. The highest BCUT2D eigenvalue weighted by atomic mass is 16.4. The van der Waals surface area contributed by atoms with Crippen LogP contribution in [0.15, 0.2) is 42.5 Å². The lowest BCUT2D eigenvalue weighted by Gasteiger charge is -2.25. The molecule has 1 saturated heterocycles. The van der Waals surface area contributed by atoms with Crippen molar-refractivity contribution in [3.63, 3.8) is 0 Å². The molecule has 0 aliphatic carbocycles. The van der Waals surface area contributed by atoms with Crippen molar-refractivity contribution in [2.24, 2.45) is 5.73 Å². The lowest BCUT2D eigenvalue weighted by Crippen LogP contribution is -2.49. The molecular formula is C18H20N2O3. The highest BCUT2D eigenvalue weighted by Gasteiger charge is 2.36. The summed E-state index contributed by atoms with van der Waals surface area (Å²) in [6.45, 7) is 0.471. The molecule has 1 fully saturated rings. The van der Waals surface area contributed by atoms with Gasteiger partial charge in [-0.05, 0) is 35.6 Å². The Morgan fingerprint density at radius 2 is 1.96 bits per heavy atom. The van der Waals surface area contributed by atoms with E-state index in [-0.39, 0.29) is 5.91 Å². The van der Waals surface area contributed by atoms with Crippen LogP contribution in [0.5, 0.6) is 0 Å². The Morgan fingerprint density at radius 3 is 2.74 bits per heavy atom. The van der Waals surface area contributed by atoms with E-state index < -0.39 is 18.1 Å². The van der Waals surface area contributed by atoms with Crippen molar-refractivity contribution in [3.05, 3.63) is 48.0 Å². The minimum Gasteiger partial charge on any atom is -0.480 e. The molecule has 120 valence electrons. The van der Waals surface area contributed by atoms with Gasteiger partial charge in [-0.1, -0.05) is 42.5 Å². The van der Waals surface area contributed by atoms with Crippen molar-refractivity contribution >= 4 is 22.6 Å². The van der Waals surface area contributed by atoms with Gasteiger partial charge in [0.15, 0.2) is 0 Å². The molecule has 5 nitrogen and oxygen atoms in total. The third-order valence-electron chi connectivity index (χ3n) is 4.46. The van der Waals surface area contributed by atoms with Crippen molar-refractivity contribution in [2.75, 3.05) is 6.54 Å². The van der Waals surface area contributed by atoms with Gasteiger partial charge in [0, 0.05) is 6.54 Å². The predicted molar refractivity (Wildman–Crippen MR) is 88.0 cm³/mol. The van der Waals surface area contributed by atoms with Gasteiger partial charge in [-0.25, -0.2) is 4.79 Å². The lowest BCUT2D eigenvalue weighted by molar-refractivity contribution is -0.148. The van der Waals surface area contributed by atoms with E-state index in [1.54, 1.807) is 0 Å². The molecule has 3 rings (SSSR count). The number of rotatable bonds is 4. The molecule has 0 bridgehead atoms. The lowest BCUT2D eigenvalue weighted by atomic mass is 9.98. The third-order valence-corrected chi connectivity index (χ3v) is 4.46. The zero-order valence-corrected chi connectivity index (χ0v) is 12.8. The quantitative estimate of drug-likeness (QED) is 0.901. The van der Waals surface area contributed by atoms with Crippen LogP contribution < -0.4 is 5.73 Å². The van der Waals surface area contributed by atoms with Gasteiger partial charge < -0.3 is 15.7 Å². The van der Waals surface area contributed by atoms with Crippen molar-refractivity contribution < 1.29 is 14.7 Å². The fourth-order valence-corrected chi connectivity index (χ4v) is 3.29. The number of likely N-dealkylation sites (tertiary alicyclic amines) is 1. The highest BCUT2D eigenvalue weighted by molar-refractivity contribution is 5.89. The van der Waals surface area contributed by atoms with E-state index in [0.717, 1.165) is 16.3 Å². The van der Waals surface area contributed by atoms with Gasteiger partial charge in [0.1, 0.15) is 6.04 Å². The van der Waals surface area contributed by atoms with Crippen molar-refractivity contribution in [2.45, 2.75) is 31.3 Å². The van der Waals surface area contributed by atoms with Crippen LogP contribution in [0.25, 0.3) is 10.8 Å². The van der Waals surface area contributed by atoms with Crippen LogP contribution in [0.3, 0.4) is 0 Å². The summed E-state index contributed by atoms with van der Waals surface area (Å²) >= 11 is 0. The molecule has 5 heteroatoms. The average Bonchev–Trinajstić information content (AvgIpc) is 3.04. The number of nitrogens with two attached hydrogens (primary N) is 1. The van der Waals surface area contributed by atoms with Crippen LogP contribution in [-0.4, -0.2) is 40.5 Å². The Hall–Kier alpha value is -2.40. The van der Waals surface area contributed by atoms with Gasteiger partial charge in [0.25, 0.3) is 0 Å². The Balaban J connectivity index is 1.79. The summed E-state index contributed by atoms with van der Waals surface area (Å²) in [6.07, 6.45) is 1.62. The van der Waals surface area contributed by atoms with Crippen LogP contribution >= 0.6 is 0 Å². The maximum absolute atomic E-state index is 12.5. The molecule has 1 aliphatic rings. The van der Waals surface area contributed by atoms with E-state index >= 15 is 0 Å². The summed E-state index contributed by atoms with van der Waals surface area (Å²) in [5, 5.41) is 11.4. The zero-order valence-electron chi connectivity index (χ0n) is 12.8. The van der Waals surface area contributed by atoms with Gasteiger partial charge in [0.05, 0.1) is 6.04 Å². The molecule has 2 aromatic rings. The number of nitrogens with zero attached hydrogens (tertiary/aromatic N) is 1. The fourth-order valence-electron chi connectivity index (χ4n) is 3.29. The summed E-state index contributed by atoms with van der Waals surface area (Å²) < 4.78 is 0. The summed E-state index contributed by atoms with van der Waals surface area (Å²) in [5.41, 5.74) is 7.11. The maximum Gasteiger partial charge on any atom is 0.326 e. The maximum atomic E-state index is 12.5. The van der Waals surface area contributed by atoms with Crippen molar-refractivity contribution in [1.29, 1.82) is 0 Å². The van der Waals surface area contributed by atoms with Crippen LogP contribution in [0.2, 0.25) is 0 Å². The molecule has 2 aromatic carbocycles. The van der Waals surface area contributed by atoms with Gasteiger partial charge >= 0.3 is 5.97 Å². The second-order valence-corrected chi connectivity index (χ2v) is 5.98. The molecule has 2 atom stereocenters. The topological polar surface area (TPSA) is 83.6 Å². The normalized spacial score (nSPS) is 19.0. The smallest absolute Gasteiger partial charge is 0.326 e. The minimum absolute atomic E-state index is 0.275. The van der Waals surface area contributed by atoms with Crippen LogP contribution in [0.1, 0.15) is 18.4 Å². The first kappa shape index (κ1) is 15.5. The van der Waals surface area contributed by atoms with Gasteiger partial charge in [-0.3, -0.25) is 4.79 Å². The molecule has 1 unspecified atom stereocenters. The molecule has 0 aromatic heterocycles. The zero-order chi connectivity index (χ0) is 16.4. The number of amides is 1. The largest absolute Gasteiger partial charge is 0.480 e. The van der Waals surface area contributed by atoms with Crippen LogP contribution in [-0.2, 0) is 16.0 Å². The van der Waals surface area contributed by atoms with E-state index in [1.165, 1.54) is 4.90 Å². The van der Waals surface area contributed by atoms with E-state index in [2.05, 4.69) is 0 Å². The summed E-state index contributed by atoms with van der Waals surface area (Å²) in [5.74, 6) is -1.23. The number of benzene rings is 2. The predicted octanol–water partition coefficient (Wildman–Crippen LogP) is 1.79. The first-order valence-electron chi connectivity index (χ1n) is 7.83. The summed E-state index contributed by atoms with van der Waals surface area (Å²) in [7, 11) is 0. The number of carboxylic acids is 1. The van der Waals surface area contributed by atoms with Crippen LogP contribution in [0.4, 0.5) is 0 Å². The molecule has 0 radical (unpaired) electrons. The van der Waals surface area contributed by atoms with E-state index in [0.29, 0.717) is 25.8 Å².